The normalized spacial score (nSPS) is 19.7. The molecule has 0 aliphatic carbocycles. The summed E-state index contributed by atoms with van der Waals surface area (Å²) in [6, 6.07) is 0. The summed E-state index contributed by atoms with van der Waals surface area (Å²) in [5.41, 5.74) is -1.04. The van der Waals surface area contributed by atoms with Crippen molar-refractivity contribution in [1.29, 1.82) is 0 Å². The highest BCUT2D eigenvalue weighted by Crippen LogP contribution is 2.50. The third-order valence-corrected chi connectivity index (χ3v) is 7.22. The Labute approximate surface area is 156 Å². The number of alkyl halides is 3. The molecule has 0 saturated heterocycles. The predicted octanol–water partition coefficient (Wildman–Crippen LogP) is 7.23. The fourth-order valence-corrected chi connectivity index (χ4v) is 5.12. The standard InChI is InChI=1S/C19H35BrClFO/c1-6-8-10-12-17(21)14-19(20,13-11-9-7-2)18(5,15(3)22)16(4)23/h15,17H,6-14H2,1-5H3. The van der Waals surface area contributed by atoms with Crippen LogP contribution in [0.5, 0.6) is 0 Å². The predicted molar refractivity (Wildman–Crippen MR) is 104 cm³/mol. The fourth-order valence-electron chi connectivity index (χ4n) is 3.25. The SMILES string of the molecule is CCCCCC(Cl)CC(Br)(CCCCC)C(C)(C(C)=O)C(C)F. The third-order valence-electron chi connectivity index (χ3n) is 5.30. The topological polar surface area (TPSA) is 17.1 Å². The van der Waals surface area contributed by atoms with Gasteiger partial charge in [-0.05, 0) is 40.0 Å². The lowest BCUT2D eigenvalue weighted by Crippen LogP contribution is -2.52. The van der Waals surface area contributed by atoms with Crippen molar-refractivity contribution in [1.82, 2.24) is 0 Å². The van der Waals surface area contributed by atoms with Gasteiger partial charge >= 0.3 is 0 Å². The molecule has 0 aromatic rings. The molecule has 0 aromatic heterocycles. The zero-order valence-corrected chi connectivity index (χ0v) is 17.9. The van der Waals surface area contributed by atoms with E-state index in [1.54, 1.807) is 6.92 Å². The number of unbranched alkanes of at least 4 members (excludes halogenated alkanes) is 4. The Kier molecular flexibility index (Phi) is 11.3. The molecule has 0 radical (unpaired) electrons. The van der Waals surface area contributed by atoms with E-state index in [9.17, 15) is 9.18 Å². The second-order valence-electron chi connectivity index (χ2n) is 7.09. The van der Waals surface area contributed by atoms with E-state index in [0.717, 1.165) is 51.4 Å². The van der Waals surface area contributed by atoms with Gasteiger partial charge in [-0.15, -0.1) is 11.6 Å². The van der Waals surface area contributed by atoms with E-state index >= 15 is 0 Å². The molecule has 0 N–H and O–H groups in total. The summed E-state index contributed by atoms with van der Waals surface area (Å²) >= 11 is 10.4. The number of Topliss-reactive ketones (excluding diaryl/α,β-unsaturated/α-hetero) is 1. The molecule has 4 unspecified atom stereocenters. The molecule has 23 heavy (non-hydrogen) atoms. The van der Waals surface area contributed by atoms with Crippen LogP contribution in [0.15, 0.2) is 0 Å². The Morgan fingerprint density at radius 2 is 1.70 bits per heavy atom. The van der Waals surface area contributed by atoms with Crippen LogP contribution in [-0.2, 0) is 4.79 Å². The van der Waals surface area contributed by atoms with Gasteiger partial charge in [0.05, 0.1) is 5.41 Å². The molecule has 0 aromatic carbocycles. The zero-order valence-electron chi connectivity index (χ0n) is 15.6. The van der Waals surface area contributed by atoms with E-state index in [0.29, 0.717) is 6.42 Å². The highest BCUT2D eigenvalue weighted by molar-refractivity contribution is 9.10. The van der Waals surface area contributed by atoms with E-state index < -0.39 is 15.9 Å². The smallest absolute Gasteiger partial charge is 0.139 e. The highest BCUT2D eigenvalue weighted by Gasteiger charge is 2.53. The van der Waals surface area contributed by atoms with Crippen LogP contribution in [0.1, 0.15) is 92.4 Å². The highest BCUT2D eigenvalue weighted by atomic mass is 79.9. The van der Waals surface area contributed by atoms with E-state index in [1.807, 2.05) is 0 Å². The van der Waals surface area contributed by atoms with Gasteiger partial charge in [-0.3, -0.25) is 4.79 Å². The molecule has 1 nitrogen and oxygen atoms in total. The number of rotatable bonds is 13. The summed E-state index contributed by atoms with van der Waals surface area (Å²) in [6.45, 7) is 9.08. The molecule has 4 atom stereocenters. The first-order valence-corrected chi connectivity index (χ1v) is 10.4. The van der Waals surface area contributed by atoms with Crippen LogP contribution in [0.2, 0.25) is 0 Å². The number of ketones is 1. The maximum Gasteiger partial charge on any atom is 0.139 e. The molecule has 138 valence electrons. The van der Waals surface area contributed by atoms with E-state index in [-0.39, 0.29) is 11.2 Å². The van der Waals surface area contributed by atoms with Gasteiger partial charge in [0.1, 0.15) is 12.0 Å². The van der Waals surface area contributed by atoms with Crippen molar-refractivity contribution < 1.29 is 9.18 Å². The van der Waals surface area contributed by atoms with Crippen LogP contribution in [0.25, 0.3) is 0 Å². The van der Waals surface area contributed by atoms with Gasteiger partial charge in [-0.2, -0.15) is 0 Å². The molecule has 0 amide bonds. The number of carbonyl (C=O) groups is 1. The minimum Gasteiger partial charge on any atom is -0.299 e. The Bertz CT molecular complexity index is 350. The summed E-state index contributed by atoms with van der Waals surface area (Å²) in [5, 5.41) is -0.0278. The summed E-state index contributed by atoms with van der Waals surface area (Å²) in [5.74, 6) is -0.0988. The van der Waals surface area contributed by atoms with Gasteiger partial charge in [0.15, 0.2) is 0 Å². The van der Waals surface area contributed by atoms with Crippen LogP contribution < -0.4 is 0 Å². The molecule has 0 saturated carbocycles. The molecular weight excluding hydrogens is 379 g/mol. The summed E-state index contributed by atoms with van der Waals surface area (Å²) < 4.78 is 13.9. The van der Waals surface area contributed by atoms with Gasteiger partial charge in [-0.1, -0.05) is 68.3 Å². The second kappa shape index (κ2) is 11.1. The second-order valence-corrected chi connectivity index (χ2v) is 9.23. The Hall–Kier alpha value is 0.370. The quantitative estimate of drug-likeness (QED) is 0.230. The molecule has 0 aliphatic heterocycles. The van der Waals surface area contributed by atoms with Crippen molar-refractivity contribution in [3.8, 4) is 0 Å². The Morgan fingerprint density at radius 1 is 1.17 bits per heavy atom. The zero-order chi connectivity index (χ0) is 18.1. The lowest BCUT2D eigenvalue weighted by molar-refractivity contribution is -0.131. The lowest BCUT2D eigenvalue weighted by Gasteiger charge is -2.45. The average Bonchev–Trinajstić information content (AvgIpc) is 2.46. The molecule has 0 heterocycles. The maximum absolute atomic E-state index is 14.5. The Morgan fingerprint density at radius 3 is 2.13 bits per heavy atom. The average molecular weight is 414 g/mol. The van der Waals surface area contributed by atoms with Crippen molar-refractivity contribution in [3.63, 3.8) is 0 Å². The van der Waals surface area contributed by atoms with E-state index in [1.165, 1.54) is 13.8 Å². The van der Waals surface area contributed by atoms with E-state index in [2.05, 4.69) is 29.8 Å². The van der Waals surface area contributed by atoms with Gasteiger partial charge in [-0.25, -0.2) is 4.39 Å². The molecule has 0 spiro atoms. The molecular formula is C19H35BrClFO. The number of halogens is 3. The van der Waals surface area contributed by atoms with Crippen LogP contribution in [0.4, 0.5) is 4.39 Å². The van der Waals surface area contributed by atoms with Crippen molar-refractivity contribution in [2.75, 3.05) is 0 Å². The third kappa shape index (κ3) is 6.65. The summed E-state index contributed by atoms with van der Waals surface area (Å²) in [6.07, 6.45) is 7.71. The van der Waals surface area contributed by atoms with Gasteiger partial charge in [0.2, 0.25) is 0 Å². The van der Waals surface area contributed by atoms with Crippen LogP contribution in [-0.4, -0.2) is 21.7 Å². The van der Waals surface area contributed by atoms with E-state index in [4.69, 9.17) is 11.6 Å². The van der Waals surface area contributed by atoms with Gasteiger partial charge in [0, 0.05) is 9.70 Å². The largest absolute Gasteiger partial charge is 0.299 e. The summed E-state index contributed by atoms with van der Waals surface area (Å²) in [4.78, 5) is 12.3. The van der Waals surface area contributed by atoms with Crippen molar-refractivity contribution in [2.45, 2.75) is 108 Å². The molecule has 0 rings (SSSR count). The number of carbonyl (C=O) groups excluding carboxylic acids is 1. The van der Waals surface area contributed by atoms with Crippen molar-refractivity contribution in [2.24, 2.45) is 5.41 Å². The fraction of sp³-hybridized carbons (Fsp3) is 0.947. The van der Waals surface area contributed by atoms with Crippen LogP contribution in [0.3, 0.4) is 0 Å². The maximum atomic E-state index is 14.5. The van der Waals surface area contributed by atoms with Crippen LogP contribution in [0, 0.1) is 5.41 Å². The summed E-state index contributed by atoms with van der Waals surface area (Å²) in [7, 11) is 0. The van der Waals surface area contributed by atoms with Gasteiger partial charge in [0.25, 0.3) is 0 Å². The van der Waals surface area contributed by atoms with Crippen molar-refractivity contribution in [3.05, 3.63) is 0 Å². The molecule has 4 heteroatoms. The minimum atomic E-state index is -1.21. The molecule has 0 aliphatic rings. The van der Waals surface area contributed by atoms with Crippen LogP contribution >= 0.6 is 27.5 Å². The first kappa shape index (κ1) is 23.4. The monoisotopic (exact) mass is 412 g/mol. The molecule has 0 fully saturated rings. The lowest BCUT2D eigenvalue weighted by atomic mass is 9.67. The molecule has 0 bridgehead atoms. The minimum absolute atomic E-state index is 0.0278. The number of hydrogen-bond donors (Lipinski definition) is 0. The van der Waals surface area contributed by atoms with Gasteiger partial charge < -0.3 is 0 Å². The number of hydrogen-bond acceptors (Lipinski definition) is 1. The Balaban J connectivity index is 5.25. The first-order chi connectivity index (χ1) is 10.7. The first-order valence-electron chi connectivity index (χ1n) is 9.13. The van der Waals surface area contributed by atoms with Crippen molar-refractivity contribution >= 4 is 33.3 Å².